The zero-order chi connectivity index (χ0) is 12.8. The summed E-state index contributed by atoms with van der Waals surface area (Å²) in [7, 11) is 0. The fraction of sp³-hybridized carbons (Fsp3) is 0.357. The lowest BCUT2D eigenvalue weighted by Gasteiger charge is -2.07. The number of nitrogens with zero attached hydrogens (tertiary/aromatic N) is 2. The number of nitrogens with one attached hydrogen (secondary N) is 1. The molecule has 0 radical (unpaired) electrons. The highest BCUT2D eigenvalue weighted by Crippen LogP contribution is 2.07. The van der Waals surface area contributed by atoms with Gasteiger partial charge in [0.05, 0.1) is 18.0 Å². The summed E-state index contributed by atoms with van der Waals surface area (Å²) < 4.78 is 1.85. The van der Waals surface area contributed by atoms with E-state index in [9.17, 15) is 5.11 Å². The van der Waals surface area contributed by atoms with E-state index in [1.807, 2.05) is 54.3 Å². The van der Waals surface area contributed by atoms with Gasteiger partial charge in [-0.1, -0.05) is 25.1 Å². The quantitative estimate of drug-likeness (QED) is 0.815. The third kappa shape index (κ3) is 3.42. The Labute approximate surface area is 107 Å². The van der Waals surface area contributed by atoms with Gasteiger partial charge in [-0.25, -0.2) is 4.68 Å². The second kappa shape index (κ2) is 6.33. The lowest BCUT2D eigenvalue weighted by atomic mass is 10.2. The summed E-state index contributed by atoms with van der Waals surface area (Å²) in [6, 6.07) is 10.0. The first-order chi connectivity index (χ1) is 8.79. The molecule has 2 aromatic rings. The maximum atomic E-state index is 9.44. The topological polar surface area (TPSA) is 50.1 Å². The lowest BCUT2D eigenvalue weighted by Crippen LogP contribution is -2.25. The molecule has 0 aliphatic heterocycles. The van der Waals surface area contributed by atoms with Crippen LogP contribution in [0.15, 0.2) is 42.7 Å². The van der Waals surface area contributed by atoms with Crippen LogP contribution >= 0.6 is 0 Å². The van der Waals surface area contributed by atoms with Crippen LogP contribution < -0.4 is 5.32 Å². The van der Waals surface area contributed by atoms with Crippen LogP contribution in [0.5, 0.6) is 0 Å². The lowest BCUT2D eigenvalue weighted by molar-refractivity contribution is 0.167. The molecule has 0 amide bonds. The summed E-state index contributed by atoms with van der Waals surface area (Å²) >= 11 is 0. The molecule has 1 aromatic heterocycles. The summed E-state index contributed by atoms with van der Waals surface area (Å²) in [5.41, 5.74) is 2.17. The van der Waals surface area contributed by atoms with Crippen molar-refractivity contribution in [2.75, 3.05) is 6.54 Å². The Morgan fingerprint density at radius 2 is 2.11 bits per heavy atom. The van der Waals surface area contributed by atoms with Crippen molar-refractivity contribution in [3.63, 3.8) is 0 Å². The van der Waals surface area contributed by atoms with Crippen molar-refractivity contribution in [1.82, 2.24) is 15.1 Å². The third-order valence-corrected chi connectivity index (χ3v) is 2.84. The van der Waals surface area contributed by atoms with Gasteiger partial charge in [0, 0.05) is 24.8 Å². The van der Waals surface area contributed by atoms with Crippen molar-refractivity contribution in [2.24, 2.45) is 0 Å². The standard InChI is InChI=1S/C14H19N3O/c1-2-14(18)10-15-8-12-9-16-17(11-12)13-6-4-3-5-7-13/h3-7,9,11,14-15,18H,2,8,10H2,1H3. The molecule has 1 heterocycles. The summed E-state index contributed by atoms with van der Waals surface area (Å²) in [6.45, 7) is 3.32. The zero-order valence-electron chi connectivity index (χ0n) is 10.6. The molecule has 0 aliphatic rings. The van der Waals surface area contributed by atoms with Crippen molar-refractivity contribution in [1.29, 1.82) is 0 Å². The van der Waals surface area contributed by atoms with E-state index in [2.05, 4.69) is 10.4 Å². The molecule has 0 saturated heterocycles. The predicted octanol–water partition coefficient (Wildman–Crippen LogP) is 1.73. The van der Waals surface area contributed by atoms with Crippen molar-refractivity contribution in [3.05, 3.63) is 48.3 Å². The van der Waals surface area contributed by atoms with Crippen LogP contribution in [0.2, 0.25) is 0 Å². The highest BCUT2D eigenvalue weighted by molar-refractivity contribution is 5.30. The number of aliphatic hydroxyl groups is 1. The van der Waals surface area contributed by atoms with Gasteiger partial charge in [-0.2, -0.15) is 5.10 Å². The smallest absolute Gasteiger partial charge is 0.0662 e. The number of hydrogen-bond acceptors (Lipinski definition) is 3. The highest BCUT2D eigenvalue weighted by atomic mass is 16.3. The first kappa shape index (κ1) is 12.8. The van der Waals surface area contributed by atoms with Gasteiger partial charge in [0.25, 0.3) is 0 Å². The number of aromatic nitrogens is 2. The van der Waals surface area contributed by atoms with E-state index in [1.165, 1.54) is 0 Å². The molecule has 4 nitrogen and oxygen atoms in total. The van der Waals surface area contributed by atoms with Crippen molar-refractivity contribution in [2.45, 2.75) is 26.0 Å². The Kier molecular flexibility index (Phi) is 4.50. The molecule has 2 rings (SSSR count). The Hall–Kier alpha value is -1.65. The minimum Gasteiger partial charge on any atom is -0.392 e. The molecular weight excluding hydrogens is 226 g/mol. The molecule has 1 unspecified atom stereocenters. The van der Waals surface area contributed by atoms with Gasteiger partial charge in [0.2, 0.25) is 0 Å². The van der Waals surface area contributed by atoms with E-state index in [-0.39, 0.29) is 6.10 Å². The largest absolute Gasteiger partial charge is 0.392 e. The molecule has 96 valence electrons. The Morgan fingerprint density at radius 3 is 2.83 bits per heavy atom. The molecule has 1 aromatic carbocycles. The van der Waals surface area contributed by atoms with E-state index in [0.29, 0.717) is 6.54 Å². The van der Waals surface area contributed by atoms with Crippen LogP contribution in [0.4, 0.5) is 0 Å². The van der Waals surface area contributed by atoms with E-state index >= 15 is 0 Å². The van der Waals surface area contributed by atoms with E-state index < -0.39 is 0 Å². The number of benzene rings is 1. The van der Waals surface area contributed by atoms with Gasteiger partial charge >= 0.3 is 0 Å². The first-order valence-corrected chi connectivity index (χ1v) is 6.27. The average molecular weight is 245 g/mol. The second-order valence-corrected chi connectivity index (χ2v) is 4.32. The van der Waals surface area contributed by atoms with Gasteiger partial charge in [-0.15, -0.1) is 0 Å². The number of aliphatic hydroxyl groups excluding tert-OH is 1. The predicted molar refractivity (Wildman–Crippen MR) is 71.6 cm³/mol. The summed E-state index contributed by atoms with van der Waals surface area (Å²) in [6.07, 6.45) is 4.35. The fourth-order valence-electron chi connectivity index (χ4n) is 1.70. The van der Waals surface area contributed by atoms with Gasteiger partial charge in [-0.3, -0.25) is 0 Å². The minimum absolute atomic E-state index is 0.269. The van der Waals surface area contributed by atoms with Crippen molar-refractivity contribution >= 4 is 0 Å². The summed E-state index contributed by atoms with van der Waals surface area (Å²) in [5, 5.41) is 17.0. The van der Waals surface area contributed by atoms with Gasteiger partial charge < -0.3 is 10.4 Å². The van der Waals surface area contributed by atoms with Gasteiger partial charge in [0.1, 0.15) is 0 Å². The molecular formula is C14H19N3O. The molecule has 1 atom stereocenters. The minimum atomic E-state index is -0.269. The molecule has 0 fully saturated rings. The summed E-state index contributed by atoms with van der Waals surface area (Å²) in [4.78, 5) is 0. The SMILES string of the molecule is CCC(O)CNCc1cnn(-c2ccccc2)c1. The molecule has 18 heavy (non-hydrogen) atoms. The van der Waals surface area contributed by atoms with E-state index in [0.717, 1.165) is 24.2 Å². The number of rotatable bonds is 6. The monoisotopic (exact) mass is 245 g/mol. The molecule has 0 spiro atoms. The van der Waals surface area contributed by atoms with Crippen molar-refractivity contribution in [3.8, 4) is 5.69 Å². The maximum absolute atomic E-state index is 9.44. The van der Waals surface area contributed by atoms with Gasteiger partial charge in [-0.05, 0) is 18.6 Å². The van der Waals surface area contributed by atoms with E-state index in [1.54, 1.807) is 0 Å². The average Bonchev–Trinajstić information content (AvgIpc) is 2.88. The third-order valence-electron chi connectivity index (χ3n) is 2.84. The number of para-hydroxylation sites is 1. The highest BCUT2D eigenvalue weighted by Gasteiger charge is 2.02. The Bertz CT molecular complexity index is 467. The summed E-state index contributed by atoms with van der Waals surface area (Å²) in [5.74, 6) is 0. The molecule has 0 saturated carbocycles. The van der Waals surface area contributed by atoms with Crippen molar-refractivity contribution < 1.29 is 5.11 Å². The van der Waals surface area contributed by atoms with Gasteiger partial charge in [0.15, 0.2) is 0 Å². The second-order valence-electron chi connectivity index (χ2n) is 4.32. The van der Waals surface area contributed by atoms with Crippen LogP contribution in [0.3, 0.4) is 0 Å². The van der Waals surface area contributed by atoms with Crippen LogP contribution in [0, 0.1) is 0 Å². The van der Waals surface area contributed by atoms with Crippen LogP contribution in [0.1, 0.15) is 18.9 Å². The Balaban J connectivity index is 1.91. The Morgan fingerprint density at radius 1 is 1.33 bits per heavy atom. The van der Waals surface area contributed by atoms with E-state index in [4.69, 9.17) is 0 Å². The molecule has 0 aliphatic carbocycles. The molecule has 2 N–H and O–H groups in total. The maximum Gasteiger partial charge on any atom is 0.0662 e. The molecule has 0 bridgehead atoms. The molecule has 4 heteroatoms. The van der Waals surface area contributed by atoms with Crippen LogP contribution in [-0.4, -0.2) is 27.5 Å². The van der Waals surface area contributed by atoms with Crippen LogP contribution in [0.25, 0.3) is 5.69 Å². The first-order valence-electron chi connectivity index (χ1n) is 6.27. The normalized spacial score (nSPS) is 12.6. The fourth-order valence-corrected chi connectivity index (χ4v) is 1.70. The zero-order valence-corrected chi connectivity index (χ0v) is 10.6. The van der Waals surface area contributed by atoms with Crippen LogP contribution in [-0.2, 0) is 6.54 Å². The number of hydrogen-bond donors (Lipinski definition) is 2.